The summed E-state index contributed by atoms with van der Waals surface area (Å²) < 4.78 is 16.8. The molecule has 0 aliphatic carbocycles. The molecule has 0 heterocycles. The van der Waals surface area contributed by atoms with Gasteiger partial charge in [-0.1, -0.05) is 231 Å². The van der Waals surface area contributed by atoms with E-state index in [1.807, 2.05) is 60.8 Å². The lowest BCUT2D eigenvalue weighted by atomic mass is 10.1. The number of rotatable bonds is 44. The summed E-state index contributed by atoms with van der Waals surface area (Å²) in [5.41, 5.74) is 0. The Labute approximate surface area is 404 Å². The van der Waals surface area contributed by atoms with E-state index in [9.17, 15) is 14.4 Å². The molecule has 0 aromatic rings. The van der Waals surface area contributed by atoms with Gasteiger partial charge in [-0.3, -0.25) is 14.4 Å². The third-order valence-electron chi connectivity index (χ3n) is 10.3. The Bertz CT molecular complexity index is 1510. The number of hydrogen-bond donors (Lipinski definition) is 0. The van der Waals surface area contributed by atoms with Crippen LogP contribution in [0.5, 0.6) is 0 Å². The van der Waals surface area contributed by atoms with Crippen LogP contribution in [0.1, 0.15) is 194 Å². The number of carbonyl (C=O) groups is 3. The molecule has 0 aromatic carbocycles. The van der Waals surface area contributed by atoms with Crippen LogP contribution < -0.4 is 0 Å². The van der Waals surface area contributed by atoms with Crippen molar-refractivity contribution in [2.45, 2.75) is 200 Å². The number of ether oxygens (including phenoxy) is 3. The average Bonchev–Trinajstić information content (AvgIpc) is 3.31. The van der Waals surface area contributed by atoms with E-state index >= 15 is 0 Å². The van der Waals surface area contributed by atoms with Gasteiger partial charge in [0.1, 0.15) is 13.2 Å². The van der Waals surface area contributed by atoms with Crippen molar-refractivity contribution in [1.82, 2.24) is 0 Å². The van der Waals surface area contributed by atoms with Gasteiger partial charge in [-0.25, -0.2) is 0 Å². The van der Waals surface area contributed by atoms with Gasteiger partial charge in [0.2, 0.25) is 0 Å². The van der Waals surface area contributed by atoms with E-state index in [1.165, 1.54) is 38.5 Å². The molecule has 0 aliphatic heterocycles. The highest BCUT2D eigenvalue weighted by molar-refractivity contribution is 5.71. The Hall–Kier alpha value is -4.71. The molecule has 368 valence electrons. The van der Waals surface area contributed by atoms with Crippen LogP contribution in [0.25, 0.3) is 0 Å². The topological polar surface area (TPSA) is 78.9 Å². The summed E-state index contributed by atoms with van der Waals surface area (Å²) >= 11 is 0. The minimum absolute atomic E-state index is 0.111. The number of esters is 3. The maximum Gasteiger partial charge on any atom is 0.306 e. The van der Waals surface area contributed by atoms with Gasteiger partial charge in [0, 0.05) is 19.3 Å². The van der Waals surface area contributed by atoms with Gasteiger partial charge in [0.25, 0.3) is 0 Å². The molecule has 0 N–H and O–H groups in total. The summed E-state index contributed by atoms with van der Waals surface area (Å²) in [6.45, 7) is 6.17. The van der Waals surface area contributed by atoms with Crippen molar-refractivity contribution in [3.63, 3.8) is 0 Å². The van der Waals surface area contributed by atoms with Crippen molar-refractivity contribution in [2.75, 3.05) is 13.2 Å². The Balaban J connectivity index is 4.56. The van der Waals surface area contributed by atoms with Crippen molar-refractivity contribution in [3.05, 3.63) is 146 Å². The number of carbonyl (C=O) groups excluding carboxylic acids is 3. The van der Waals surface area contributed by atoms with E-state index in [0.717, 1.165) is 116 Å². The van der Waals surface area contributed by atoms with Crippen LogP contribution in [0.3, 0.4) is 0 Å². The first-order chi connectivity index (χ1) is 32.5. The highest BCUT2D eigenvalue weighted by atomic mass is 16.6. The largest absolute Gasteiger partial charge is 0.462 e. The molecule has 0 saturated heterocycles. The van der Waals surface area contributed by atoms with Crippen LogP contribution in [-0.2, 0) is 28.6 Å². The monoisotopic (exact) mass is 909 g/mol. The second-order valence-electron chi connectivity index (χ2n) is 16.5. The van der Waals surface area contributed by atoms with Gasteiger partial charge in [-0.2, -0.15) is 0 Å². The molecule has 0 rings (SSSR count). The minimum atomic E-state index is -0.815. The predicted molar refractivity (Wildman–Crippen MR) is 283 cm³/mol. The van der Waals surface area contributed by atoms with E-state index in [1.54, 1.807) is 0 Å². The normalized spacial score (nSPS) is 13.3. The van der Waals surface area contributed by atoms with Crippen molar-refractivity contribution >= 4 is 17.9 Å². The van der Waals surface area contributed by atoms with E-state index in [4.69, 9.17) is 14.2 Å². The SMILES string of the molecule is CC\C=C/C=C\C=C/C=C\C=C\C=C/CCCCCC(=O)OCC(COC(=O)CCCCCCCCC\C=C/C=C\C=C/CC)OC(=O)CCCCCCCC/C=C\C/C=C\C/C=C\CC. The number of unbranched alkanes of at least 4 members (excludes halogenated alkanes) is 16. The molecule has 0 saturated carbocycles. The predicted octanol–water partition coefficient (Wildman–Crippen LogP) is 17.3. The van der Waals surface area contributed by atoms with Crippen LogP contribution in [-0.4, -0.2) is 37.2 Å². The minimum Gasteiger partial charge on any atom is -0.462 e. The highest BCUT2D eigenvalue weighted by Gasteiger charge is 2.19. The molecule has 0 amide bonds. The molecule has 1 unspecified atom stereocenters. The van der Waals surface area contributed by atoms with Gasteiger partial charge in [-0.15, -0.1) is 0 Å². The lowest BCUT2D eigenvalue weighted by Gasteiger charge is -2.18. The Morgan fingerprint density at radius 2 is 0.621 bits per heavy atom. The standard InChI is InChI=1S/C60H92O6/c1-4-7-10-13-16-19-22-25-28-30-33-35-38-41-44-47-50-53-59(62)65-56-57(55-64-58(61)52-49-46-43-40-37-34-31-27-24-21-18-15-12-9-6-3)66-60(63)54-51-48-45-42-39-36-32-29-26-23-20-17-14-11-8-5-2/h7-13,15-22,24-26,28-30,33,35,38,57H,4-6,14,23,27,31-32,34,36-37,39-56H2,1-3H3/b10-7-,11-8-,12-9-,16-13-,18-15-,20-17-,22-19-,24-21-,28-25-,29-26-,33-30+,38-35-. The van der Waals surface area contributed by atoms with E-state index in [2.05, 4.69) is 106 Å². The Kier molecular flexibility index (Phi) is 49.1. The van der Waals surface area contributed by atoms with Crippen LogP contribution in [0.15, 0.2) is 146 Å². The summed E-state index contributed by atoms with van der Waals surface area (Å²) in [5.74, 6) is -0.991. The average molecular weight is 909 g/mol. The number of hydrogen-bond acceptors (Lipinski definition) is 6. The highest BCUT2D eigenvalue weighted by Crippen LogP contribution is 2.13. The molecule has 0 fully saturated rings. The zero-order valence-electron chi connectivity index (χ0n) is 41.9. The second-order valence-corrected chi connectivity index (χ2v) is 16.5. The molecular weight excluding hydrogens is 817 g/mol. The first kappa shape index (κ1) is 61.3. The molecule has 0 radical (unpaired) electrons. The van der Waals surface area contributed by atoms with Crippen molar-refractivity contribution in [1.29, 1.82) is 0 Å². The maximum absolute atomic E-state index is 12.8. The first-order valence-corrected chi connectivity index (χ1v) is 26.0. The fourth-order valence-corrected chi connectivity index (χ4v) is 6.49. The van der Waals surface area contributed by atoms with E-state index in [-0.39, 0.29) is 31.1 Å². The lowest BCUT2D eigenvalue weighted by molar-refractivity contribution is -0.167. The fourth-order valence-electron chi connectivity index (χ4n) is 6.49. The molecule has 0 aliphatic rings. The summed E-state index contributed by atoms with van der Waals surface area (Å²) in [4.78, 5) is 38.0. The van der Waals surface area contributed by atoms with Crippen LogP contribution in [0.4, 0.5) is 0 Å². The quantitative estimate of drug-likeness (QED) is 0.0199. The van der Waals surface area contributed by atoms with Crippen LogP contribution in [0.2, 0.25) is 0 Å². The van der Waals surface area contributed by atoms with Crippen LogP contribution in [0, 0.1) is 0 Å². The summed E-state index contributed by atoms with van der Waals surface area (Å²) in [7, 11) is 0. The molecule has 6 heteroatoms. The van der Waals surface area contributed by atoms with Gasteiger partial charge in [-0.05, 0) is 89.9 Å². The summed E-state index contributed by atoms with van der Waals surface area (Å²) in [6.07, 6.45) is 75.4. The molecular formula is C60H92O6. The first-order valence-electron chi connectivity index (χ1n) is 26.0. The summed E-state index contributed by atoms with van der Waals surface area (Å²) in [5, 5.41) is 0. The van der Waals surface area contributed by atoms with E-state index < -0.39 is 6.10 Å². The zero-order chi connectivity index (χ0) is 47.9. The molecule has 66 heavy (non-hydrogen) atoms. The smallest absolute Gasteiger partial charge is 0.306 e. The Morgan fingerprint density at radius 3 is 1.05 bits per heavy atom. The fraction of sp³-hybridized carbons (Fsp3) is 0.550. The lowest BCUT2D eigenvalue weighted by Crippen LogP contribution is -2.30. The zero-order valence-corrected chi connectivity index (χ0v) is 41.9. The third kappa shape index (κ3) is 50.3. The molecule has 0 bridgehead atoms. The Morgan fingerprint density at radius 1 is 0.318 bits per heavy atom. The maximum atomic E-state index is 12.8. The van der Waals surface area contributed by atoms with Crippen LogP contribution >= 0.6 is 0 Å². The van der Waals surface area contributed by atoms with Gasteiger partial charge in [0.15, 0.2) is 6.10 Å². The molecule has 0 aromatic heterocycles. The second kappa shape index (κ2) is 52.9. The molecule has 6 nitrogen and oxygen atoms in total. The van der Waals surface area contributed by atoms with Gasteiger partial charge in [0.05, 0.1) is 0 Å². The van der Waals surface area contributed by atoms with Crippen molar-refractivity contribution in [2.24, 2.45) is 0 Å². The van der Waals surface area contributed by atoms with Gasteiger partial charge < -0.3 is 14.2 Å². The summed E-state index contributed by atoms with van der Waals surface area (Å²) in [6, 6.07) is 0. The van der Waals surface area contributed by atoms with Crippen molar-refractivity contribution in [3.8, 4) is 0 Å². The van der Waals surface area contributed by atoms with E-state index in [0.29, 0.717) is 19.3 Å². The third-order valence-corrected chi connectivity index (χ3v) is 10.3. The number of allylic oxidation sites excluding steroid dienone is 24. The van der Waals surface area contributed by atoms with Crippen molar-refractivity contribution < 1.29 is 28.6 Å². The molecule has 0 spiro atoms. The molecule has 1 atom stereocenters. The van der Waals surface area contributed by atoms with Gasteiger partial charge >= 0.3 is 17.9 Å².